The molecule has 2 unspecified atom stereocenters. The fourth-order valence-corrected chi connectivity index (χ4v) is 2.26. The van der Waals surface area contributed by atoms with Crippen LogP contribution in [0.4, 0.5) is 0 Å². The Labute approximate surface area is 84.9 Å². The SMILES string of the molecule is CCN1CCC(N)C1c1ccncc1. The predicted octanol–water partition coefficient (Wildman–Crippen LogP) is 1.18. The van der Waals surface area contributed by atoms with E-state index in [0.717, 1.165) is 19.5 Å². The van der Waals surface area contributed by atoms with Crippen molar-refractivity contribution in [2.45, 2.75) is 25.4 Å². The number of nitrogens with two attached hydrogens (primary N) is 1. The number of rotatable bonds is 2. The van der Waals surface area contributed by atoms with E-state index in [2.05, 4.69) is 28.9 Å². The fraction of sp³-hybridized carbons (Fsp3) is 0.545. The highest BCUT2D eigenvalue weighted by atomic mass is 15.2. The van der Waals surface area contributed by atoms with Crippen LogP contribution in [-0.2, 0) is 0 Å². The van der Waals surface area contributed by atoms with Crippen LogP contribution in [0, 0.1) is 0 Å². The number of hydrogen-bond donors (Lipinski definition) is 1. The van der Waals surface area contributed by atoms with Gasteiger partial charge in [0, 0.05) is 25.0 Å². The second-order valence-corrected chi connectivity index (χ2v) is 3.81. The molecular weight excluding hydrogens is 174 g/mol. The number of likely N-dealkylation sites (tertiary alicyclic amines) is 1. The highest BCUT2D eigenvalue weighted by Crippen LogP contribution is 2.29. The summed E-state index contributed by atoms with van der Waals surface area (Å²) in [5.41, 5.74) is 7.41. The van der Waals surface area contributed by atoms with Gasteiger partial charge in [0.1, 0.15) is 0 Å². The van der Waals surface area contributed by atoms with Crippen LogP contribution in [0.1, 0.15) is 24.9 Å². The van der Waals surface area contributed by atoms with Crippen LogP contribution in [0.3, 0.4) is 0 Å². The molecule has 2 N–H and O–H groups in total. The van der Waals surface area contributed by atoms with Gasteiger partial charge in [-0.2, -0.15) is 0 Å². The largest absolute Gasteiger partial charge is 0.326 e. The molecule has 1 aliphatic heterocycles. The van der Waals surface area contributed by atoms with E-state index in [1.165, 1.54) is 5.56 Å². The molecule has 2 atom stereocenters. The predicted molar refractivity (Wildman–Crippen MR) is 56.8 cm³/mol. The van der Waals surface area contributed by atoms with Gasteiger partial charge in [0.15, 0.2) is 0 Å². The lowest BCUT2D eigenvalue weighted by molar-refractivity contribution is 0.261. The summed E-state index contributed by atoms with van der Waals surface area (Å²) < 4.78 is 0. The Kier molecular flexibility index (Phi) is 2.79. The molecule has 1 aromatic heterocycles. The van der Waals surface area contributed by atoms with Crippen molar-refractivity contribution in [3.05, 3.63) is 30.1 Å². The molecule has 0 aromatic carbocycles. The molecule has 1 aromatic rings. The van der Waals surface area contributed by atoms with E-state index in [1.807, 2.05) is 12.4 Å². The molecule has 1 aliphatic rings. The van der Waals surface area contributed by atoms with Crippen molar-refractivity contribution in [2.24, 2.45) is 5.73 Å². The van der Waals surface area contributed by atoms with Crippen LogP contribution in [-0.4, -0.2) is 29.0 Å². The average Bonchev–Trinajstić information content (AvgIpc) is 2.61. The Morgan fingerprint density at radius 1 is 1.50 bits per heavy atom. The minimum atomic E-state index is 0.275. The molecule has 1 saturated heterocycles. The van der Waals surface area contributed by atoms with E-state index in [-0.39, 0.29) is 6.04 Å². The van der Waals surface area contributed by atoms with Crippen LogP contribution in [0.25, 0.3) is 0 Å². The Bertz CT molecular complexity index is 286. The van der Waals surface area contributed by atoms with E-state index >= 15 is 0 Å². The summed E-state index contributed by atoms with van der Waals surface area (Å²) in [6.45, 7) is 4.37. The molecular formula is C11H17N3. The molecule has 3 nitrogen and oxygen atoms in total. The van der Waals surface area contributed by atoms with Gasteiger partial charge in [-0.05, 0) is 30.7 Å². The third kappa shape index (κ3) is 1.65. The van der Waals surface area contributed by atoms with Crippen molar-refractivity contribution >= 4 is 0 Å². The standard InChI is InChI=1S/C11H17N3/c1-2-14-8-5-10(12)11(14)9-3-6-13-7-4-9/h3-4,6-7,10-11H,2,5,8,12H2,1H3. The highest BCUT2D eigenvalue weighted by Gasteiger charge is 2.31. The van der Waals surface area contributed by atoms with Gasteiger partial charge in [-0.3, -0.25) is 9.88 Å². The lowest BCUT2D eigenvalue weighted by Gasteiger charge is -2.25. The molecule has 0 amide bonds. The van der Waals surface area contributed by atoms with Crippen molar-refractivity contribution < 1.29 is 0 Å². The van der Waals surface area contributed by atoms with Gasteiger partial charge in [-0.15, -0.1) is 0 Å². The van der Waals surface area contributed by atoms with E-state index in [9.17, 15) is 0 Å². The first-order valence-electron chi connectivity index (χ1n) is 5.22. The Morgan fingerprint density at radius 3 is 2.86 bits per heavy atom. The lowest BCUT2D eigenvalue weighted by Crippen LogP contribution is -2.31. The van der Waals surface area contributed by atoms with E-state index in [1.54, 1.807) is 0 Å². The van der Waals surface area contributed by atoms with Gasteiger partial charge in [0.2, 0.25) is 0 Å². The summed E-state index contributed by atoms with van der Waals surface area (Å²) in [5, 5.41) is 0. The van der Waals surface area contributed by atoms with Gasteiger partial charge >= 0.3 is 0 Å². The minimum Gasteiger partial charge on any atom is -0.326 e. The maximum Gasteiger partial charge on any atom is 0.0500 e. The van der Waals surface area contributed by atoms with Crippen molar-refractivity contribution in [1.29, 1.82) is 0 Å². The Hall–Kier alpha value is -0.930. The van der Waals surface area contributed by atoms with Gasteiger partial charge < -0.3 is 5.73 Å². The normalized spacial score (nSPS) is 28.1. The number of pyridine rings is 1. The van der Waals surface area contributed by atoms with Crippen molar-refractivity contribution in [3.8, 4) is 0 Å². The summed E-state index contributed by atoms with van der Waals surface area (Å²) in [5.74, 6) is 0. The van der Waals surface area contributed by atoms with Crippen LogP contribution in [0.5, 0.6) is 0 Å². The molecule has 0 radical (unpaired) electrons. The zero-order chi connectivity index (χ0) is 9.97. The maximum atomic E-state index is 6.11. The molecule has 2 rings (SSSR count). The van der Waals surface area contributed by atoms with Gasteiger partial charge in [0.25, 0.3) is 0 Å². The first-order valence-corrected chi connectivity index (χ1v) is 5.22. The Balaban J connectivity index is 2.23. The highest BCUT2D eigenvalue weighted by molar-refractivity contribution is 5.19. The first-order chi connectivity index (χ1) is 6.83. The molecule has 2 heterocycles. The van der Waals surface area contributed by atoms with E-state index in [4.69, 9.17) is 5.73 Å². The summed E-state index contributed by atoms with van der Waals surface area (Å²) in [6, 6.07) is 4.80. The number of hydrogen-bond acceptors (Lipinski definition) is 3. The molecule has 0 bridgehead atoms. The Morgan fingerprint density at radius 2 is 2.21 bits per heavy atom. The first kappa shape index (κ1) is 9.62. The zero-order valence-corrected chi connectivity index (χ0v) is 8.56. The quantitative estimate of drug-likeness (QED) is 0.763. The van der Waals surface area contributed by atoms with Crippen LogP contribution >= 0.6 is 0 Å². The zero-order valence-electron chi connectivity index (χ0n) is 8.56. The molecule has 0 aliphatic carbocycles. The van der Waals surface area contributed by atoms with Crippen molar-refractivity contribution in [2.75, 3.05) is 13.1 Å². The molecule has 76 valence electrons. The topological polar surface area (TPSA) is 42.1 Å². The second kappa shape index (κ2) is 4.07. The molecule has 3 heteroatoms. The average molecular weight is 191 g/mol. The summed E-state index contributed by atoms with van der Waals surface area (Å²) >= 11 is 0. The summed E-state index contributed by atoms with van der Waals surface area (Å²) in [7, 11) is 0. The minimum absolute atomic E-state index is 0.275. The second-order valence-electron chi connectivity index (χ2n) is 3.81. The van der Waals surface area contributed by atoms with Gasteiger partial charge in [-0.1, -0.05) is 6.92 Å². The third-order valence-corrected chi connectivity index (χ3v) is 3.00. The van der Waals surface area contributed by atoms with Crippen LogP contribution in [0.2, 0.25) is 0 Å². The third-order valence-electron chi connectivity index (χ3n) is 3.00. The molecule has 1 fully saturated rings. The molecule has 0 spiro atoms. The number of aromatic nitrogens is 1. The molecule has 14 heavy (non-hydrogen) atoms. The fourth-order valence-electron chi connectivity index (χ4n) is 2.26. The summed E-state index contributed by atoms with van der Waals surface area (Å²) in [4.78, 5) is 6.46. The van der Waals surface area contributed by atoms with Crippen LogP contribution < -0.4 is 5.73 Å². The van der Waals surface area contributed by atoms with Crippen molar-refractivity contribution in [3.63, 3.8) is 0 Å². The molecule has 0 saturated carbocycles. The van der Waals surface area contributed by atoms with Crippen LogP contribution in [0.15, 0.2) is 24.5 Å². The van der Waals surface area contributed by atoms with Gasteiger partial charge in [-0.25, -0.2) is 0 Å². The van der Waals surface area contributed by atoms with E-state index in [0.29, 0.717) is 6.04 Å². The maximum absolute atomic E-state index is 6.11. The number of likely N-dealkylation sites (N-methyl/N-ethyl adjacent to an activating group) is 1. The number of nitrogens with zero attached hydrogens (tertiary/aromatic N) is 2. The lowest BCUT2D eigenvalue weighted by atomic mass is 10.0. The van der Waals surface area contributed by atoms with E-state index < -0.39 is 0 Å². The van der Waals surface area contributed by atoms with Gasteiger partial charge in [0.05, 0.1) is 6.04 Å². The monoisotopic (exact) mass is 191 g/mol. The summed E-state index contributed by atoms with van der Waals surface area (Å²) in [6.07, 6.45) is 4.78. The van der Waals surface area contributed by atoms with Crippen molar-refractivity contribution in [1.82, 2.24) is 9.88 Å². The smallest absolute Gasteiger partial charge is 0.0500 e.